The van der Waals surface area contributed by atoms with Crippen molar-refractivity contribution in [1.29, 1.82) is 0 Å². The molecule has 0 radical (unpaired) electrons. The summed E-state index contributed by atoms with van der Waals surface area (Å²) in [7, 11) is -2.30. The van der Waals surface area contributed by atoms with Crippen LogP contribution in [0, 0.1) is 0 Å². The van der Waals surface area contributed by atoms with Crippen LogP contribution in [0.5, 0.6) is 5.88 Å². The zero-order valence-corrected chi connectivity index (χ0v) is 16.9. The fourth-order valence-electron chi connectivity index (χ4n) is 3.36. The number of H-pyrrole nitrogens is 1. The number of hydrogen-bond acceptors (Lipinski definition) is 7. The molecular weight excluding hydrogens is 408 g/mol. The third-order valence-corrected chi connectivity index (χ3v) is 5.74. The fourth-order valence-corrected chi connectivity index (χ4v) is 3.92. The van der Waals surface area contributed by atoms with Gasteiger partial charge in [-0.3, -0.25) is 14.8 Å². The van der Waals surface area contributed by atoms with Gasteiger partial charge >= 0.3 is 0 Å². The van der Waals surface area contributed by atoms with E-state index in [4.69, 9.17) is 9.88 Å². The van der Waals surface area contributed by atoms with Gasteiger partial charge in [-0.25, -0.2) is 13.6 Å². The molecule has 1 aliphatic heterocycles. The highest BCUT2D eigenvalue weighted by molar-refractivity contribution is 7.89. The third kappa shape index (κ3) is 3.84. The first kappa shape index (κ1) is 19.9. The number of anilines is 2. The molecule has 10 nitrogen and oxygen atoms in total. The Labute approximate surface area is 173 Å². The van der Waals surface area contributed by atoms with Crippen molar-refractivity contribution in [2.45, 2.75) is 17.4 Å². The second kappa shape index (κ2) is 7.76. The van der Waals surface area contributed by atoms with Gasteiger partial charge in [-0.2, -0.15) is 10.1 Å². The van der Waals surface area contributed by atoms with Crippen molar-refractivity contribution in [1.82, 2.24) is 15.2 Å². The lowest BCUT2D eigenvalue weighted by Crippen LogP contribution is -2.34. The summed E-state index contributed by atoms with van der Waals surface area (Å²) >= 11 is 0. The van der Waals surface area contributed by atoms with Crippen LogP contribution in [0.4, 0.5) is 11.5 Å². The molecule has 1 fully saturated rings. The Morgan fingerprint density at radius 2 is 2.13 bits per heavy atom. The molecule has 0 aliphatic carbocycles. The molecule has 11 heteroatoms. The van der Waals surface area contributed by atoms with Crippen molar-refractivity contribution < 1.29 is 17.9 Å². The van der Waals surface area contributed by atoms with Crippen molar-refractivity contribution in [3.05, 3.63) is 48.8 Å². The topological polar surface area (TPSA) is 143 Å². The summed E-state index contributed by atoms with van der Waals surface area (Å²) in [6.45, 7) is 0.465. The van der Waals surface area contributed by atoms with Gasteiger partial charge in [0.05, 0.1) is 18.2 Å². The molecule has 30 heavy (non-hydrogen) atoms. The van der Waals surface area contributed by atoms with Crippen molar-refractivity contribution in [3.63, 3.8) is 0 Å². The Hall–Kier alpha value is -3.44. The van der Waals surface area contributed by atoms with Crippen molar-refractivity contribution >= 4 is 27.4 Å². The number of nitrogens with two attached hydrogens (primary N) is 1. The van der Waals surface area contributed by atoms with E-state index in [9.17, 15) is 13.2 Å². The Morgan fingerprint density at radius 3 is 2.83 bits per heavy atom. The Balaban J connectivity index is 1.54. The zero-order chi connectivity index (χ0) is 21.3. The summed E-state index contributed by atoms with van der Waals surface area (Å²) in [6.07, 6.45) is 3.93. The third-order valence-electron chi connectivity index (χ3n) is 4.83. The molecule has 1 unspecified atom stereocenters. The second-order valence-electron chi connectivity index (χ2n) is 6.76. The molecule has 4 N–H and O–H groups in total. The first-order valence-corrected chi connectivity index (χ1v) is 10.7. The summed E-state index contributed by atoms with van der Waals surface area (Å²) in [6, 6.07) is 9.14. The molecule has 1 atom stereocenters. The number of pyridine rings is 1. The van der Waals surface area contributed by atoms with Crippen molar-refractivity contribution in [2.75, 3.05) is 23.9 Å². The number of nitrogens with one attached hydrogen (secondary N) is 2. The molecule has 0 saturated carbocycles. The number of nitrogens with zero attached hydrogens (tertiary/aromatic N) is 3. The minimum atomic E-state index is -3.82. The van der Waals surface area contributed by atoms with Crippen LogP contribution in [-0.2, 0) is 14.8 Å². The highest BCUT2D eigenvalue weighted by atomic mass is 32.2. The first-order chi connectivity index (χ1) is 14.4. The maximum Gasteiger partial charge on any atom is 0.250 e. The maximum absolute atomic E-state index is 12.9. The number of hydrogen-bond donors (Lipinski definition) is 3. The summed E-state index contributed by atoms with van der Waals surface area (Å²) in [5.41, 5.74) is 2.09. The van der Waals surface area contributed by atoms with Crippen LogP contribution < -0.4 is 20.1 Å². The summed E-state index contributed by atoms with van der Waals surface area (Å²) < 4.78 is 28.5. The normalized spacial score (nSPS) is 16.7. The summed E-state index contributed by atoms with van der Waals surface area (Å²) in [5.74, 6) is 0.701. The number of sulfonamides is 1. The monoisotopic (exact) mass is 428 g/mol. The molecule has 3 heterocycles. The highest BCUT2D eigenvalue weighted by Crippen LogP contribution is 2.31. The van der Waals surface area contributed by atoms with E-state index in [0.29, 0.717) is 30.4 Å². The van der Waals surface area contributed by atoms with Crippen molar-refractivity contribution in [3.8, 4) is 17.0 Å². The summed E-state index contributed by atoms with van der Waals surface area (Å²) in [5, 5.41) is 14.9. The molecular formula is C19H20N6O4S. The van der Waals surface area contributed by atoms with Crippen LogP contribution in [0.3, 0.4) is 0 Å². The van der Waals surface area contributed by atoms with Gasteiger partial charge in [0.1, 0.15) is 11.9 Å². The molecule has 3 aromatic rings. The zero-order valence-electron chi connectivity index (χ0n) is 16.1. The van der Waals surface area contributed by atoms with E-state index in [0.717, 1.165) is 11.1 Å². The lowest BCUT2D eigenvalue weighted by Gasteiger charge is -2.18. The number of methoxy groups -OCH3 is 1. The van der Waals surface area contributed by atoms with Gasteiger partial charge in [0, 0.05) is 29.6 Å². The van der Waals surface area contributed by atoms with E-state index in [1.807, 2.05) is 6.07 Å². The predicted molar refractivity (Wildman–Crippen MR) is 111 cm³/mol. The number of aromatic amines is 1. The van der Waals surface area contributed by atoms with E-state index in [-0.39, 0.29) is 10.8 Å². The number of amides is 1. The molecule has 4 rings (SSSR count). The number of carbonyl (C=O) groups is 1. The number of benzene rings is 1. The van der Waals surface area contributed by atoms with Gasteiger partial charge in [-0.1, -0.05) is 6.07 Å². The number of ether oxygens (including phenoxy) is 1. The minimum absolute atomic E-state index is 0.0176. The molecule has 1 amide bonds. The molecule has 1 aromatic carbocycles. The predicted octanol–water partition coefficient (Wildman–Crippen LogP) is 1.35. The van der Waals surface area contributed by atoms with Crippen LogP contribution in [-0.4, -0.2) is 49.2 Å². The molecule has 0 bridgehead atoms. The van der Waals surface area contributed by atoms with Crippen molar-refractivity contribution in [2.24, 2.45) is 5.14 Å². The fraction of sp³-hybridized carbons (Fsp3) is 0.211. The Kier molecular flexibility index (Phi) is 5.14. The number of carbonyl (C=O) groups excluding carboxylic acids is 1. The van der Waals surface area contributed by atoms with Gasteiger partial charge in [-0.15, -0.1) is 0 Å². The smallest absolute Gasteiger partial charge is 0.250 e. The molecule has 1 saturated heterocycles. The largest absolute Gasteiger partial charge is 0.480 e. The van der Waals surface area contributed by atoms with Crippen LogP contribution in [0.1, 0.15) is 6.42 Å². The Morgan fingerprint density at radius 1 is 1.30 bits per heavy atom. The first-order valence-electron chi connectivity index (χ1n) is 9.12. The van der Waals surface area contributed by atoms with Gasteiger partial charge < -0.3 is 10.1 Å². The lowest BCUT2D eigenvalue weighted by atomic mass is 10.1. The van der Waals surface area contributed by atoms with E-state index in [1.54, 1.807) is 35.5 Å². The van der Waals surface area contributed by atoms with E-state index >= 15 is 0 Å². The van der Waals surface area contributed by atoms with E-state index < -0.39 is 16.1 Å². The lowest BCUT2D eigenvalue weighted by molar-refractivity contribution is -0.117. The minimum Gasteiger partial charge on any atom is -0.480 e. The van der Waals surface area contributed by atoms with Crippen LogP contribution in [0.15, 0.2) is 53.7 Å². The van der Waals surface area contributed by atoms with Gasteiger partial charge in [0.15, 0.2) is 0 Å². The van der Waals surface area contributed by atoms with Crippen LogP contribution >= 0.6 is 0 Å². The SMILES string of the molecule is COc1nc(N2CCC(Nc3cccc(S(N)(=O)=O)c3)C2=O)ccc1-c1cn[nH]c1. The number of primary sulfonamides is 1. The molecule has 2 aromatic heterocycles. The average molecular weight is 428 g/mol. The number of rotatable bonds is 6. The second-order valence-corrected chi connectivity index (χ2v) is 8.32. The maximum atomic E-state index is 12.9. The van der Waals surface area contributed by atoms with Crippen LogP contribution in [0.25, 0.3) is 11.1 Å². The van der Waals surface area contributed by atoms with Gasteiger partial charge in [-0.05, 0) is 36.8 Å². The summed E-state index contributed by atoms with van der Waals surface area (Å²) in [4.78, 5) is 19.0. The molecule has 1 aliphatic rings. The van der Waals surface area contributed by atoms with Gasteiger partial charge in [0.2, 0.25) is 15.9 Å². The molecule has 156 valence electrons. The quantitative estimate of drug-likeness (QED) is 0.537. The Bertz CT molecular complexity index is 1180. The van der Waals surface area contributed by atoms with Gasteiger partial charge in [0.25, 0.3) is 5.91 Å². The van der Waals surface area contributed by atoms with E-state index in [1.165, 1.54) is 19.2 Å². The average Bonchev–Trinajstić information content (AvgIpc) is 3.38. The number of aromatic nitrogens is 3. The van der Waals surface area contributed by atoms with Crippen LogP contribution in [0.2, 0.25) is 0 Å². The molecule has 0 spiro atoms. The standard InChI is InChI=1S/C19H20N6O4S/c1-29-18-15(12-10-21-22-11-12)5-6-17(24-18)25-8-7-16(19(25)26)23-13-3-2-4-14(9-13)30(20,27)28/h2-6,9-11,16,23H,7-8H2,1H3,(H,21,22)(H2,20,27,28). The van der Waals surface area contributed by atoms with E-state index in [2.05, 4.69) is 20.5 Å². The highest BCUT2D eigenvalue weighted by Gasteiger charge is 2.33.